The molecule has 0 aromatic heterocycles. The van der Waals surface area contributed by atoms with Gasteiger partial charge >= 0.3 is 0 Å². The molecule has 3 rings (SSSR count). The molecule has 0 unspecified atom stereocenters. The van der Waals surface area contributed by atoms with Gasteiger partial charge in [-0.25, -0.2) is 0 Å². The number of nitrogens with zero attached hydrogens (tertiary/aromatic N) is 1. The summed E-state index contributed by atoms with van der Waals surface area (Å²) < 4.78 is 5.71. The molecule has 2 aromatic rings. The average molecular weight is 309 g/mol. The van der Waals surface area contributed by atoms with E-state index in [2.05, 4.69) is 0 Å². The van der Waals surface area contributed by atoms with Crippen LogP contribution < -0.4 is 9.64 Å². The summed E-state index contributed by atoms with van der Waals surface area (Å²) in [7, 11) is 0. The molecule has 1 aliphatic rings. The summed E-state index contributed by atoms with van der Waals surface area (Å²) >= 11 is 0. The molecule has 0 N–H and O–H groups in total. The Morgan fingerprint density at radius 3 is 2.52 bits per heavy atom. The molecule has 1 amide bonds. The Labute approximate surface area is 135 Å². The lowest BCUT2D eigenvalue weighted by Crippen LogP contribution is -2.33. The number of hydrogen-bond donors (Lipinski definition) is 0. The number of aryl methyl sites for hydroxylation is 3. The van der Waals surface area contributed by atoms with Crippen LogP contribution in [0.4, 0.5) is 5.69 Å². The van der Waals surface area contributed by atoms with E-state index >= 15 is 0 Å². The molecule has 4 nitrogen and oxygen atoms in total. The second-order valence-electron chi connectivity index (χ2n) is 5.93. The number of rotatable bonds is 4. The molecular formula is C19H19NO3. The van der Waals surface area contributed by atoms with Crippen molar-refractivity contribution in [2.75, 3.05) is 18.1 Å². The molecule has 23 heavy (non-hydrogen) atoms. The number of fused-ring (bicyclic) bond motifs is 1. The average Bonchev–Trinajstić information content (AvgIpc) is 2.73. The van der Waals surface area contributed by atoms with Crippen LogP contribution in [0.3, 0.4) is 0 Å². The molecule has 0 fully saturated rings. The van der Waals surface area contributed by atoms with Gasteiger partial charge in [0.15, 0.2) is 0 Å². The summed E-state index contributed by atoms with van der Waals surface area (Å²) in [6.45, 7) is 6.54. The van der Waals surface area contributed by atoms with Crippen molar-refractivity contribution in [1.82, 2.24) is 0 Å². The Morgan fingerprint density at radius 2 is 1.78 bits per heavy atom. The number of ether oxygens (including phenoxy) is 1. The third kappa shape index (κ3) is 2.84. The van der Waals surface area contributed by atoms with Gasteiger partial charge in [-0.3, -0.25) is 9.59 Å². The molecule has 0 radical (unpaired) electrons. The summed E-state index contributed by atoms with van der Waals surface area (Å²) in [6.07, 6.45) is 0. The zero-order valence-electron chi connectivity index (χ0n) is 13.6. The molecular weight excluding hydrogens is 290 g/mol. The van der Waals surface area contributed by atoms with Gasteiger partial charge in [-0.15, -0.1) is 0 Å². The van der Waals surface area contributed by atoms with Gasteiger partial charge in [0, 0.05) is 0 Å². The lowest BCUT2D eigenvalue weighted by atomic mass is 10.0. The highest BCUT2D eigenvalue weighted by molar-refractivity contribution is 6.52. The molecule has 0 saturated heterocycles. The van der Waals surface area contributed by atoms with Crippen molar-refractivity contribution in [3.05, 3.63) is 58.7 Å². The molecule has 0 aliphatic carbocycles. The monoisotopic (exact) mass is 309 g/mol. The summed E-state index contributed by atoms with van der Waals surface area (Å²) in [5, 5.41) is 0. The summed E-state index contributed by atoms with van der Waals surface area (Å²) in [6, 6.07) is 11.5. The molecule has 1 aliphatic heterocycles. The van der Waals surface area contributed by atoms with Crippen molar-refractivity contribution in [1.29, 1.82) is 0 Å². The van der Waals surface area contributed by atoms with Crippen LogP contribution >= 0.6 is 0 Å². The standard InChI is InChI=1S/C19H19NO3/c1-12-5-4-6-15(10-12)23-8-7-20-17-14(3)9-13(2)11-16(17)18(21)19(20)22/h4-6,9-11H,7-8H2,1-3H3. The van der Waals surface area contributed by atoms with Gasteiger partial charge in [-0.2, -0.15) is 0 Å². The quantitative estimate of drug-likeness (QED) is 0.815. The van der Waals surface area contributed by atoms with Gasteiger partial charge in [-0.1, -0.05) is 18.2 Å². The van der Waals surface area contributed by atoms with Crippen molar-refractivity contribution in [3.63, 3.8) is 0 Å². The predicted molar refractivity (Wildman–Crippen MR) is 89.3 cm³/mol. The van der Waals surface area contributed by atoms with Crippen LogP contribution in [0.2, 0.25) is 0 Å². The largest absolute Gasteiger partial charge is 0.492 e. The van der Waals surface area contributed by atoms with Crippen LogP contribution in [-0.2, 0) is 4.79 Å². The number of carbonyl (C=O) groups excluding carboxylic acids is 2. The normalized spacial score (nSPS) is 13.4. The van der Waals surface area contributed by atoms with Crippen LogP contribution in [-0.4, -0.2) is 24.8 Å². The molecule has 0 atom stereocenters. The number of amides is 1. The SMILES string of the molecule is Cc1cccc(OCCN2C(=O)C(=O)c3cc(C)cc(C)c32)c1. The van der Waals surface area contributed by atoms with E-state index in [1.165, 1.54) is 4.90 Å². The number of hydrogen-bond acceptors (Lipinski definition) is 3. The number of benzene rings is 2. The maximum atomic E-state index is 12.2. The molecule has 0 spiro atoms. The highest BCUT2D eigenvalue weighted by Crippen LogP contribution is 2.33. The van der Waals surface area contributed by atoms with Crippen molar-refractivity contribution < 1.29 is 14.3 Å². The maximum absolute atomic E-state index is 12.2. The number of Topliss-reactive ketones (excluding diaryl/α,β-unsaturated/α-hetero) is 1. The summed E-state index contributed by atoms with van der Waals surface area (Å²) in [5.41, 5.74) is 4.27. The van der Waals surface area contributed by atoms with E-state index in [1.807, 2.05) is 51.1 Å². The number of ketones is 1. The fourth-order valence-electron chi connectivity index (χ4n) is 3.00. The predicted octanol–water partition coefficient (Wildman–Crippen LogP) is 3.22. The van der Waals surface area contributed by atoms with E-state index in [-0.39, 0.29) is 0 Å². The zero-order chi connectivity index (χ0) is 16.6. The first-order valence-corrected chi connectivity index (χ1v) is 7.64. The van der Waals surface area contributed by atoms with Crippen LogP contribution in [0.1, 0.15) is 27.0 Å². The molecule has 1 heterocycles. The Morgan fingerprint density at radius 1 is 1.00 bits per heavy atom. The first kappa shape index (κ1) is 15.3. The lowest BCUT2D eigenvalue weighted by molar-refractivity contribution is -0.114. The fraction of sp³-hybridized carbons (Fsp3) is 0.263. The lowest BCUT2D eigenvalue weighted by Gasteiger charge is -2.19. The van der Waals surface area contributed by atoms with Crippen molar-refractivity contribution in [2.24, 2.45) is 0 Å². The second-order valence-corrected chi connectivity index (χ2v) is 5.93. The highest BCUT2D eigenvalue weighted by atomic mass is 16.5. The van der Waals surface area contributed by atoms with Gasteiger partial charge in [0.2, 0.25) is 0 Å². The van der Waals surface area contributed by atoms with Gasteiger partial charge in [0.25, 0.3) is 11.7 Å². The molecule has 0 bridgehead atoms. The van der Waals surface area contributed by atoms with Crippen molar-refractivity contribution >= 4 is 17.4 Å². The topological polar surface area (TPSA) is 46.6 Å². The molecule has 4 heteroatoms. The first-order valence-electron chi connectivity index (χ1n) is 7.64. The Hall–Kier alpha value is -2.62. The highest BCUT2D eigenvalue weighted by Gasteiger charge is 2.36. The van der Waals surface area contributed by atoms with E-state index in [4.69, 9.17) is 4.74 Å². The molecule has 118 valence electrons. The van der Waals surface area contributed by atoms with Crippen molar-refractivity contribution in [3.8, 4) is 5.75 Å². The van der Waals surface area contributed by atoms with Crippen LogP contribution in [0.25, 0.3) is 0 Å². The Balaban J connectivity index is 1.77. The summed E-state index contributed by atoms with van der Waals surface area (Å²) in [4.78, 5) is 25.9. The minimum atomic E-state index is -0.471. The van der Waals surface area contributed by atoms with E-state index in [1.54, 1.807) is 6.07 Å². The van der Waals surface area contributed by atoms with Gasteiger partial charge < -0.3 is 9.64 Å². The van der Waals surface area contributed by atoms with E-state index in [9.17, 15) is 9.59 Å². The van der Waals surface area contributed by atoms with Crippen LogP contribution in [0, 0.1) is 20.8 Å². The van der Waals surface area contributed by atoms with E-state index in [0.29, 0.717) is 18.7 Å². The zero-order valence-corrected chi connectivity index (χ0v) is 13.6. The van der Waals surface area contributed by atoms with Crippen LogP contribution in [0.5, 0.6) is 5.75 Å². The number of carbonyl (C=O) groups is 2. The van der Waals surface area contributed by atoms with Crippen LogP contribution in [0.15, 0.2) is 36.4 Å². The summed E-state index contributed by atoms with van der Waals surface area (Å²) in [5.74, 6) is -0.132. The Bertz CT molecular complexity index is 795. The molecule has 0 saturated carbocycles. The Kier molecular flexibility index (Phi) is 3.90. The molecule has 2 aromatic carbocycles. The maximum Gasteiger partial charge on any atom is 0.299 e. The van der Waals surface area contributed by atoms with Crippen molar-refractivity contribution in [2.45, 2.75) is 20.8 Å². The third-order valence-corrected chi connectivity index (χ3v) is 3.97. The third-order valence-electron chi connectivity index (χ3n) is 3.97. The van der Waals surface area contributed by atoms with Gasteiger partial charge in [-0.05, 0) is 55.7 Å². The smallest absolute Gasteiger partial charge is 0.299 e. The van der Waals surface area contributed by atoms with E-state index in [0.717, 1.165) is 28.1 Å². The second kappa shape index (κ2) is 5.88. The van der Waals surface area contributed by atoms with Gasteiger partial charge in [0.05, 0.1) is 17.8 Å². The van der Waals surface area contributed by atoms with Gasteiger partial charge in [0.1, 0.15) is 12.4 Å². The minimum absolute atomic E-state index is 0.342. The number of anilines is 1. The first-order chi connectivity index (χ1) is 11.0. The van der Waals surface area contributed by atoms with E-state index < -0.39 is 11.7 Å². The minimum Gasteiger partial charge on any atom is -0.492 e. The fourth-order valence-corrected chi connectivity index (χ4v) is 3.00.